The topological polar surface area (TPSA) is 94.0 Å². The maximum absolute atomic E-state index is 10.7. The lowest BCUT2D eigenvalue weighted by Crippen LogP contribution is -2.08. The summed E-state index contributed by atoms with van der Waals surface area (Å²) in [5.74, 6) is -1.16. The molecule has 0 unspecified atom stereocenters. The van der Waals surface area contributed by atoms with Crippen LogP contribution < -0.4 is 5.73 Å². The van der Waals surface area contributed by atoms with Crippen LogP contribution in [-0.2, 0) is 6.54 Å². The van der Waals surface area contributed by atoms with Crippen molar-refractivity contribution in [1.82, 2.24) is 15.0 Å². The Morgan fingerprint density at radius 3 is 2.59 bits per heavy atom. The van der Waals surface area contributed by atoms with E-state index < -0.39 is 5.97 Å². The third kappa shape index (κ3) is 2.36. The van der Waals surface area contributed by atoms with E-state index in [1.165, 1.54) is 4.68 Å². The number of halogens is 1. The lowest BCUT2D eigenvalue weighted by Gasteiger charge is -2.03. The van der Waals surface area contributed by atoms with Crippen LogP contribution in [0.25, 0.3) is 0 Å². The summed E-state index contributed by atoms with van der Waals surface area (Å²) in [5.41, 5.74) is 6.28. The normalized spacial score (nSPS) is 10.4. The van der Waals surface area contributed by atoms with Crippen LogP contribution in [0.4, 0.5) is 5.82 Å². The predicted octanol–water partition coefficient (Wildman–Crippen LogP) is 1.26. The van der Waals surface area contributed by atoms with Gasteiger partial charge in [-0.25, -0.2) is 9.48 Å². The van der Waals surface area contributed by atoms with Crippen molar-refractivity contribution < 1.29 is 9.90 Å². The summed E-state index contributed by atoms with van der Waals surface area (Å²) in [6, 6.07) is 7.10. The van der Waals surface area contributed by atoms with Gasteiger partial charge in [-0.2, -0.15) is 0 Å². The molecule has 3 N–H and O–H groups in total. The molecule has 2 aromatic rings. The lowest BCUT2D eigenvalue weighted by atomic mass is 10.2. The fraction of sp³-hybridized carbons (Fsp3) is 0.100. The van der Waals surface area contributed by atoms with Gasteiger partial charge in [0, 0.05) is 5.02 Å². The van der Waals surface area contributed by atoms with E-state index in [2.05, 4.69) is 10.3 Å². The Balaban J connectivity index is 2.24. The summed E-state index contributed by atoms with van der Waals surface area (Å²) in [6.45, 7) is 0.350. The number of benzene rings is 1. The molecule has 6 nitrogen and oxygen atoms in total. The molecule has 0 saturated heterocycles. The number of hydrogen-bond acceptors (Lipinski definition) is 4. The van der Waals surface area contributed by atoms with Crippen molar-refractivity contribution in [2.24, 2.45) is 0 Å². The molecule has 1 heterocycles. The number of nitrogens with two attached hydrogens (primary N) is 1. The molecule has 7 heteroatoms. The van der Waals surface area contributed by atoms with Crippen molar-refractivity contribution in [3.8, 4) is 0 Å². The zero-order valence-corrected chi connectivity index (χ0v) is 9.42. The van der Waals surface area contributed by atoms with Gasteiger partial charge in [0.25, 0.3) is 0 Å². The van der Waals surface area contributed by atoms with Crippen molar-refractivity contribution in [3.05, 3.63) is 40.5 Å². The van der Waals surface area contributed by atoms with Gasteiger partial charge < -0.3 is 10.8 Å². The lowest BCUT2D eigenvalue weighted by molar-refractivity contribution is 0.0691. The predicted molar refractivity (Wildman–Crippen MR) is 61.9 cm³/mol. The highest BCUT2D eigenvalue weighted by molar-refractivity contribution is 6.30. The third-order valence-corrected chi connectivity index (χ3v) is 2.47. The Morgan fingerprint density at radius 1 is 1.41 bits per heavy atom. The molecule has 0 spiro atoms. The van der Waals surface area contributed by atoms with Gasteiger partial charge in [-0.1, -0.05) is 28.9 Å². The molecule has 0 bridgehead atoms. The average Bonchev–Trinajstić information content (AvgIpc) is 2.64. The first-order chi connectivity index (χ1) is 8.08. The minimum absolute atomic E-state index is 0.0347. The van der Waals surface area contributed by atoms with Gasteiger partial charge in [0.2, 0.25) is 5.69 Å². The van der Waals surface area contributed by atoms with Gasteiger partial charge in [-0.05, 0) is 17.7 Å². The molecule has 0 atom stereocenters. The molecule has 0 amide bonds. The smallest absolute Gasteiger partial charge is 0.360 e. The molecule has 17 heavy (non-hydrogen) atoms. The number of nitrogen functional groups attached to an aromatic ring is 1. The molecule has 1 aromatic carbocycles. The zero-order chi connectivity index (χ0) is 12.4. The van der Waals surface area contributed by atoms with E-state index in [0.29, 0.717) is 11.6 Å². The van der Waals surface area contributed by atoms with E-state index in [-0.39, 0.29) is 11.5 Å². The molecule has 0 radical (unpaired) electrons. The van der Waals surface area contributed by atoms with E-state index in [9.17, 15) is 4.79 Å². The first kappa shape index (κ1) is 11.4. The largest absolute Gasteiger partial charge is 0.476 e. The van der Waals surface area contributed by atoms with Crippen molar-refractivity contribution in [2.75, 3.05) is 5.73 Å². The maximum Gasteiger partial charge on any atom is 0.360 e. The van der Waals surface area contributed by atoms with E-state index in [0.717, 1.165) is 5.56 Å². The Labute approximate surface area is 102 Å². The number of aromatic carboxylic acids is 1. The highest BCUT2D eigenvalue weighted by Crippen LogP contribution is 2.13. The van der Waals surface area contributed by atoms with Crippen molar-refractivity contribution in [2.45, 2.75) is 6.54 Å². The van der Waals surface area contributed by atoms with Crippen molar-refractivity contribution in [3.63, 3.8) is 0 Å². The molecular weight excluding hydrogens is 244 g/mol. The molecule has 0 aliphatic carbocycles. The molecule has 0 fully saturated rings. The average molecular weight is 253 g/mol. The minimum atomic E-state index is -1.19. The Kier molecular flexibility index (Phi) is 2.97. The fourth-order valence-electron chi connectivity index (χ4n) is 1.35. The van der Waals surface area contributed by atoms with Crippen LogP contribution >= 0.6 is 11.6 Å². The first-order valence-electron chi connectivity index (χ1n) is 4.74. The summed E-state index contributed by atoms with van der Waals surface area (Å²) in [7, 11) is 0. The fourth-order valence-corrected chi connectivity index (χ4v) is 1.48. The van der Waals surface area contributed by atoms with Crippen LogP contribution in [-0.4, -0.2) is 26.1 Å². The van der Waals surface area contributed by atoms with Crippen LogP contribution in [0, 0.1) is 0 Å². The van der Waals surface area contributed by atoms with Gasteiger partial charge in [-0.15, -0.1) is 5.10 Å². The SMILES string of the molecule is Nc1c(C(=O)O)nnn1Cc1ccc(Cl)cc1. The molecule has 0 aliphatic rings. The molecule has 1 aromatic heterocycles. The van der Waals surface area contributed by atoms with Crippen LogP contribution in [0.1, 0.15) is 16.1 Å². The Hall–Kier alpha value is -2.08. The summed E-state index contributed by atoms with van der Waals surface area (Å²) >= 11 is 5.75. The highest BCUT2D eigenvalue weighted by atomic mass is 35.5. The van der Waals surface area contributed by atoms with Crippen LogP contribution in [0.15, 0.2) is 24.3 Å². The van der Waals surface area contributed by atoms with Gasteiger partial charge in [-0.3, -0.25) is 0 Å². The number of hydrogen-bond donors (Lipinski definition) is 2. The minimum Gasteiger partial charge on any atom is -0.476 e. The first-order valence-corrected chi connectivity index (χ1v) is 5.12. The quantitative estimate of drug-likeness (QED) is 0.858. The molecule has 0 aliphatic heterocycles. The van der Waals surface area contributed by atoms with E-state index in [1.807, 2.05) is 12.1 Å². The van der Waals surface area contributed by atoms with Crippen LogP contribution in [0.2, 0.25) is 5.02 Å². The van der Waals surface area contributed by atoms with Gasteiger partial charge in [0.1, 0.15) is 0 Å². The van der Waals surface area contributed by atoms with Crippen LogP contribution in [0.5, 0.6) is 0 Å². The number of nitrogens with zero attached hydrogens (tertiary/aromatic N) is 3. The van der Waals surface area contributed by atoms with Gasteiger partial charge in [0.05, 0.1) is 6.54 Å². The maximum atomic E-state index is 10.7. The molecule has 88 valence electrons. The number of aromatic nitrogens is 3. The summed E-state index contributed by atoms with van der Waals surface area (Å²) < 4.78 is 1.33. The van der Waals surface area contributed by atoms with E-state index in [4.69, 9.17) is 22.4 Å². The second-order valence-corrected chi connectivity index (χ2v) is 3.85. The Morgan fingerprint density at radius 2 is 2.06 bits per heavy atom. The monoisotopic (exact) mass is 252 g/mol. The second-order valence-electron chi connectivity index (χ2n) is 3.41. The van der Waals surface area contributed by atoms with Gasteiger partial charge in [0.15, 0.2) is 5.82 Å². The zero-order valence-electron chi connectivity index (χ0n) is 8.67. The van der Waals surface area contributed by atoms with E-state index >= 15 is 0 Å². The van der Waals surface area contributed by atoms with Crippen LogP contribution in [0.3, 0.4) is 0 Å². The number of rotatable bonds is 3. The number of carboxylic acids is 1. The molecular formula is C10H9ClN4O2. The number of carboxylic acid groups (broad SMARTS) is 1. The second kappa shape index (κ2) is 4.42. The number of carbonyl (C=O) groups is 1. The highest BCUT2D eigenvalue weighted by Gasteiger charge is 2.15. The third-order valence-electron chi connectivity index (χ3n) is 2.22. The van der Waals surface area contributed by atoms with E-state index in [1.54, 1.807) is 12.1 Å². The Bertz CT molecular complexity index is 550. The summed E-state index contributed by atoms with van der Waals surface area (Å²) in [6.07, 6.45) is 0. The summed E-state index contributed by atoms with van der Waals surface area (Å²) in [4.78, 5) is 10.7. The summed E-state index contributed by atoms with van der Waals surface area (Å²) in [5, 5.41) is 16.6. The van der Waals surface area contributed by atoms with Crippen molar-refractivity contribution in [1.29, 1.82) is 0 Å². The molecule has 0 saturated carbocycles. The standard InChI is InChI=1S/C10H9ClN4O2/c11-7-3-1-6(2-4-7)5-15-9(12)8(10(16)17)13-14-15/h1-4H,5,12H2,(H,16,17). The van der Waals surface area contributed by atoms with Crippen molar-refractivity contribution >= 4 is 23.4 Å². The number of anilines is 1. The molecule has 2 rings (SSSR count). The van der Waals surface area contributed by atoms with Gasteiger partial charge >= 0.3 is 5.97 Å².